The van der Waals surface area contributed by atoms with Crippen LogP contribution >= 0.6 is 11.8 Å². The van der Waals surface area contributed by atoms with Gasteiger partial charge in [0.15, 0.2) is 6.61 Å². The molecule has 8 heteroatoms. The highest BCUT2D eigenvalue weighted by molar-refractivity contribution is 8.00. The van der Waals surface area contributed by atoms with E-state index in [4.69, 9.17) is 4.74 Å². The van der Waals surface area contributed by atoms with Gasteiger partial charge >= 0.3 is 12.1 Å². The third-order valence-corrected chi connectivity index (χ3v) is 3.58. The van der Waals surface area contributed by atoms with Crippen molar-refractivity contribution >= 4 is 11.8 Å². The lowest BCUT2D eigenvalue weighted by Crippen LogP contribution is -2.25. The molecule has 1 atom stereocenters. The maximum atomic E-state index is 13.5. The predicted molar refractivity (Wildman–Crippen MR) is 72.4 cm³/mol. The third kappa shape index (κ3) is 9.71. The van der Waals surface area contributed by atoms with Crippen LogP contribution in [0.3, 0.4) is 0 Å². The van der Waals surface area contributed by atoms with Crippen LogP contribution in [0.5, 0.6) is 0 Å². The second-order valence-corrected chi connectivity index (χ2v) is 5.81. The Morgan fingerprint density at radius 2 is 1.76 bits per heavy atom. The molecule has 1 nitrogen and oxygen atoms in total. The van der Waals surface area contributed by atoms with E-state index in [1.165, 1.54) is 19.9 Å². The van der Waals surface area contributed by atoms with Crippen LogP contribution in [0.4, 0.5) is 26.3 Å². The fraction of sp³-hybridized carbons (Fsp3) is 0.692. The summed E-state index contributed by atoms with van der Waals surface area (Å²) in [6.45, 7) is 2.00. The summed E-state index contributed by atoms with van der Waals surface area (Å²) >= 11 is 0.630. The van der Waals surface area contributed by atoms with Crippen LogP contribution in [-0.4, -0.2) is 36.4 Å². The molecule has 0 aromatic heterocycles. The van der Waals surface area contributed by atoms with Gasteiger partial charge in [-0.3, -0.25) is 0 Å². The minimum Gasteiger partial charge on any atom is -0.492 e. The molecule has 0 aliphatic heterocycles. The van der Waals surface area contributed by atoms with E-state index in [1.807, 2.05) is 0 Å². The lowest BCUT2D eigenvalue weighted by atomic mass is 10.1. The molecule has 0 heterocycles. The van der Waals surface area contributed by atoms with Gasteiger partial charge in [-0.05, 0) is 38.5 Å². The summed E-state index contributed by atoms with van der Waals surface area (Å²) in [4.78, 5) is 0. The predicted octanol–water partition coefficient (Wildman–Crippen LogP) is 5.14. The Morgan fingerprint density at radius 3 is 2.24 bits per heavy atom. The minimum absolute atomic E-state index is 0.102. The SMILES string of the molecule is C/C(=C\C(C)SCC(F)(F)F)OCC(F)(F)/C(C)=C/CF. The normalized spacial score (nSPS) is 16.0. The minimum atomic E-state index is -4.27. The molecule has 1 unspecified atom stereocenters. The molecule has 0 saturated carbocycles. The Hall–Kier alpha value is -0.790. The highest BCUT2D eigenvalue weighted by atomic mass is 32.2. The van der Waals surface area contributed by atoms with Crippen molar-refractivity contribution in [2.45, 2.75) is 38.1 Å². The molecule has 0 aliphatic carbocycles. The highest BCUT2D eigenvalue weighted by Crippen LogP contribution is 2.27. The lowest BCUT2D eigenvalue weighted by molar-refractivity contribution is -0.105. The summed E-state index contributed by atoms with van der Waals surface area (Å²) in [5, 5.41) is -0.525. The lowest BCUT2D eigenvalue weighted by Gasteiger charge is -2.18. The van der Waals surface area contributed by atoms with E-state index in [2.05, 4.69) is 0 Å². The van der Waals surface area contributed by atoms with Crippen molar-refractivity contribution in [3.63, 3.8) is 0 Å². The van der Waals surface area contributed by atoms with Crippen molar-refractivity contribution in [3.05, 3.63) is 23.5 Å². The summed E-state index contributed by atoms with van der Waals surface area (Å²) in [6.07, 6.45) is -2.19. The average molecular weight is 336 g/mol. The number of alkyl halides is 6. The van der Waals surface area contributed by atoms with Crippen LogP contribution in [0.15, 0.2) is 23.5 Å². The average Bonchev–Trinajstić information content (AvgIpc) is 2.33. The molecule has 0 fully saturated rings. The molecule has 0 aliphatic rings. The quantitative estimate of drug-likeness (QED) is 0.345. The number of thioether (sulfide) groups is 1. The van der Waals surface area contributed by atoms with Crippen molar-refractivity contribution in [2.75, 3.05) is 19.0 Å². The van der Waals surface area contributed by atoms with E-state index in [-0.39, 0.29) is 5.76 Å². The van der Waals surface area contributed by atoms with Gasteiger partial charge in [0.25, 0.3) is 0 Å². The van der Waals surface area contributed by atoms with E-state index in [0.29, 0.717) is 11.8 Å². The molecule has 0 radical (unpaired) electrons. The molecule has 21 heavy (non-hydrogen) atoms. The molecule has 0 saturated heterocycles. The van der Waals surface area contributed by atoms with E-state index < -0.39 is 42.0 Å². The highest BCUT2D eigenvalue weighted by Gasteiger charge is 2.32. The Labute approximate surface area is 124 Å². The summed E-state index contributed by atoms with van der Waals surface area (Å²) in [6, 6.07) is 0. The van der Waals surface area contributed by atoms with Gasteiger partial charge in [0.05, 0.1) is 11.5 Å². The van der Waals surface area contributed by atoms with Crippen LogP contribution < -0.4 is 0 Å². The number of ether oxygens (including phenoxy) is 1. The largest absolute Gasteiger partial charge is 0.492 e. The number of halogens is 6. The second-order valence-electron chi connectivity index (χ2n) is 4.44. The molecule has 124 valence electrons. The van der Waals surface area contributed by atoms with Gasteiger partial charge in [-0.15, -0.1) is 11.8 Å². The van der Waals surface area contributed by atoms with Crippen molar-refractivity contribution in [3.8, 4) is 0 Å². The summed E-state index contributed by atoms with van der Waals surface area (Å²) in [7, 11) is 0. The summed E-state index contributed by atoms with van der Waals surface area (Å²) in [5.74, 6) is -4.24. The number of rotatable bonds is 8. The van der Waals surface area contributed by atoms with Gasteiger partial charge in [-0.2, -0.15) is 22.0 Å². The topological polar surface area (TPSA) is 9.23 Å². The zero-order valence-corrected chi connectivity index (χ0v) is 12.8. The first-order valence-corrected chi connectivity index (χ1v) is 7.13. The van der Waals surface area contributed by atoms with Gasteiger partial charge in [0.2, 0.25) is 0 Å². The molecule has 0 N–H and O–H groups in total. The molecule has 0 spiro atoms. The Kier molecular flexibility index (Phi) is 8.28. The van der Waals surface area contributed by atoms with E-state index in [9.17, 15) is 26.3 Å². The fourth-order valence-electron chi connectivity index (χ4n) is 1.24. The van der Waals surface area contributed by atoms with E-state index >= 15 is 0 Å². The van der Waals surface area contributed by atoms with Crippen LogP contribution in [0.1, 0.15) is 20.8 Å². The zero-order chi connectivity index (χ0) is 16.7. The number of allylic oxidation sites excluding steroid dienone is 2. The number of hydrogen-bond donors (Lipinski definition) is 0. The Bertz CT molecular complexity index is 375. The van der Waals surface area contributed by atoms with Gasteiger partial charge in [-0.1, -0.05) is 0 Å². The maximum absolute atomic E-state index is 13.5. The maximum Gasteiger partial charge on any atom is 0.397 e. The molecule has 0 amide bonds. The first-order valence-electron chi connectivity index (χ1n) is 6.08. The molecular weight excluding hydrogens is 318 g/mol. The van der Waals surface area contributed by atoms with Gasteiger partial charge in [0.1, 0.15) is 6.67 Å². The van der Waals surface area contributed by atoms with Crippen molar-refractivity contribution < 1.29 is 31.1 Å². The Morgan fingerprint density at radius 1 is 1.19 bits per heavy atom. The van der Waals surface area contributed by atoms with Crippen molar-refractivity contribution in [1.29, 1.82) is 0 Å². The van der Waals surface area contributed by atoms with Crippen molar-refractivity contribution in [2.24, 2.45) is 0 Å². The summed E-state index contributed by atoms with van der Waals surface area (Å²) in [5.41, 5.74) is -0.447. The van der Waals surface area contributed by atoms with Gasteiger partial charge < -0.3 is 4.74 Å². The van der Waals surface area contributed by atoms with E-state index in [1.54, 1.807) is 0 Å². The number of hydrogen-bond acceptors (Lipinski definition) is 2. The first kappa shape index (κ1) is 20.2. The van der Waals surface area contributed by atoms with Crippen LogP contribution in [0.25, 0.3) is 0 Å². The third-order valence-electron chi connectivity index (χ3n) is 2.42. The summed E-state index contributed by atoms with van der Waals surface area (Å²) < 4.78 is 79.8. The molecular formula is C13H18F6OS. The van der Waals surface area contributed by atoms with E-state index in [0.717, 1.165) is 13.0 Å². The molecule has 0 bridgehead atoms. The Balaban J connectivity index is 4.39. The molecule has 0 aromatic carbocycles. The smallest absolute Gasteiger partial charge is 0.397 e. The van der Waals surface area contributed by atoms with Crippen LogP contribution in [-0.2, 0) is 4.74 Å². The first-order chi connectivity index (χ1) is 9.48. The monoisotopic (exact) mass is 336 g/mol. The second kappa shape index (κ2) is 8.60. The molecule has 0 aromatic rings. The van der Waals surface area contributed by atoms with Crippen LogP contribution in [0.2, 0.25) is 0 Å². The zero-order valence-electron chi connectivity index (χ0n) is 11.9. The fourth-order valence-corrected chi connectivity index (χ4v) is 1.98. The van der Waals surface area contributed by atoms with Crippen LogP contribution in [0, 0.1) is 0 Å². The van der Waals surface area contributed by atoms with Gasteiger partial charge in [-0.25, -0.2) is 4.39 Å². The molecule has 0 rings (SSSR count). The standard InChI is InChI=1S/C13H18F6OS/c1-9(4-5-14)12(15,16)7-20-10(2)6-11(3)21-8-13(17,18)19/h4,6,11H,5,7-8H2,1-3H3/b9-4+,10-6+. The van der Waals surface area contributed by atoms with Gasteiger partial charge in [0, 0.05) is 5.25 Å². The van der Waals surface area contributed by atoms with Crippen molar-refractivity contribution in [1.82, 2.24) is 0 Å².